The molecule has 18 heavy (non-hydrogen) atoms. The van der Waals surface area contributed by atoms with Crippen LogP contribution in [0.2, 0.25) is 0 Å². The summed E-state index contributed by atoms with van der Waals surface area (Å²) in [7, 11) is 0. The molecule has 0 aliphatic heterocycles. The Hall–Kier alpha value is -1.71. The van der Waals surface area contributed by atoms with Crippen molar-refractivity contribution in [1.82, 2.24) is 10.3 Å². The fraction of sp³-hybridized carbons (Fsp3) is 0.267. The largest absolute Gasteiger partial charge is 0.387 e. The van der Waals surface area contributed by atoms with Crippen LogP contribution in [0.3, 0.4) is 0 Å². The minimum absolute atomic E-state index is 0.465. The number of hydrogen-bond acceptors (Lipinski definition) is 3. The monoisotopic (exact) mass is 242 g/mol. The van der Waals surface area contributed by atoms with Crippen LogP contribution < -0.4 is 5.32 Å². The van der Waals surface area contributed by atoms with Gasteiger partial charge in [0.15, 0.2) is 0 Å². The van der Waals surface area contributed by atoms with E-state index in [0.717, 1.165) is 17.7 Å². The second kappa shape index (κ2) is 6.28. The summed E-state index contributed by atoms with van der Waals surface area (Å²) in [6, 6.07) is 11.8. The highest BCUT2D eigenvalue weighted by molar-refractivity contribution is 5.27. The number of rotatable bonds is 5. The van der Waals surface area contributed by atoms with Gasteiger partial charge < -0.3 is 10.4 Å². The van der Waals surface area contributed by atoms with Crippen LogP contribution in [0.25, 0.3) is 0 Å². The van der Waals surface area contributed by atoms with Crippen molar-refractivity contribution in [2.24, 2.45) is 0 Å². The lowest BCUT2D eigenvalue weighted by atomic mass is 10.0. The standard InChI is InChI=1S/C15H18N2O/c1-12-4-2-3-5-14(12)15(18)11-17-10-13-6-8-16-9-7-13/h2-9,15,17-18H,10-11H2,1H3. The Kier molecular flexibility index (Phi) is 4.45. The quantitative estimate of drug-likeness (QED) is 0.845. The van der Waals surface area contributed by atoms with Crippen molar-refractivity contribution >= 4 is 0 Å². The summed E-state index contributed by atoms with van der Waals surface area (Å²) in [5.41, 5.74) is 3.28. The number of pyridine rings is 1. The van der Waals surface area contributed by atoms with Crippen LogP contribution in [0.5, 0.6) is 0 Å². The van der Waals surface area contributed by atoms with Crippen LogP contribution in [0, 0.1) is 6.92 Å². The van der Waals surface area contributed by atoms with Crippen molar-refractivity contribution < 1.29 is 5.11 Å². The SMILES string of the molecule is Cc1ccccc1C(O)CNCc1ccncc1. The van der Waals surface area contributed by atoms with Gasteiger partial charge in [0.1, 0.15) is 0 Å². The van der Waals surface area contributed by atoms with Crippen LogP contribution in [0.4, 0.5) is 0 Å². The summed E-state index contributed by atoms with van der Waals surface area (Å²) in [6.45, 7) is 3.31. The minimum atomic E-state index is -0.465. The Morgan fingerprint density at radius 1 is 1.17 bits per heavy atom. The number of aliphatic hydroxyl groups excluding tert-OH is 1. The van der Waals surface area contributed by atoms with Crippen molar-refractivity contribution in [3.8, 4) is 0 Å². The average Bonchev–Trinajstić information content (AvgIpc) is 2.40. The maximum Gasteiger partial charge on any atom is 0.0917 e. The van der Waals surface area contributed by atoms with E-state index in [1.165, 1.54) is 5.56 Å². The van der Waals surface area contributed by atoms with E-state index in [2.05, 4.69) is 10.3 Å². The predicted molar refractivity (Wildman–Crippen MR) is 72.1 cm³/mol. The summed E-state index contributed by atoms with van der Waals surface area (Å²) >= 11 is 0. The number of benzene rings is 1. The molecule has 0 spiro atoms. The Morgan fingerprint density at radius 3 is 2.61 bits per heavy atom. The Bertz CT molecular complexity index is 485. The number of nitrogens with one attached hydrogen (secondary N) is 1. The molecule has 2 rings (SSSR count). The molecule has 0 saturated carbocycles. The highest BCUT2D eigenvalue weighted by Gasteiger charge is 2.08. The molecule has 0 aliphatic carbocycles. The van der Waals surface area contributed by atoms with Gasteiger partial charge in [-0.3, -0.25) is 4.98 Å². The molecule has 1 aromatic carbocycles. The van der Waals surface area contributed by atoms with Crippen LogP contribution in [-0.2, 0) is 6.54 Å². The molecule has 1 aromatic heterocycles. The third-order valence-corrected chi connectivity index (χ3v) is 2.96. The second-order valence-electron chi connectivity index (χ2n) is 4.36. The van der Waals surface area contributed by atoms with Gasteiger partial charge in [-0.25, -0.2) is 0 Å². The minimum Gasteiger partial charge on any atom is -0.387 e. The Morgan fingerprint density at radius 2 is 1.89 bits per heavy atom. The molecule has 0 amide bonds. The van der Waals surface area contributed by atoms with Crippen molar-refractivity contribution in [1.29, 1.82) is 0 Å². The van der Waals surface area contributed by atoms with E-state index in [1.54, 1.807) is 12.4 Å². The molecule has 2 N–H and O–H groups in total. The first-order valence-electron chi connectivity index (χ1n) is 6.10. The van der Waals surface area contributed by atoms with Gasteiger partial charge in [-0.15, -0.1) is 0 Å². The molecule has 1 heterocycles. The zero-order valence-electron chi connectivity index (χ0n) is 10.5. The number of aryl methyl sites for hydroxylation is 1. The van der Waals surface area contributed by atoms with Gasteiger partial charge in [0.2, 0.25) is 0 Å². The summed E-state index contributed by atoms with van der Waals surface area (Å²) in [4.78, 5) is 3.97. The van der Waals surface area contributed by atoms with E-state index >= 15 is 0 Å². The highest BCUT2D eigenvalue weighted by atomic mass is 16.3. The number of hydrogen-bond donors (Lipinski definition) is 2. The fourth-order valence-corrected chi connectivity index (χ4v) is 1.92. The maximum absolute atomic E-state index is 10.1. The lowest BCUT2D eigenvalue weighted by Crippen LogP contribution is -2.21. The average molecular weight is 242 g/mol. The first-order chi connectivity index (χ1) is 8.77. The van der Waals surface area contributed by atoms with Gasteiger partial charge in [0.05, 0.1) is 6.10 Å². The van der Waals surface area contributed by atoms with Gasteiger partial charge in [-0.1, -0.05) is 24.3 Å². The maximum atomic E-state index is 10.1. The van der Waals surface area contributed by atoms with Crippen molar-refractivity contribution in [2.75, 3.05) is 6.54 Å². The van der Waals surface area contributed by atoms with Gasteiger partial charge in [0, 0.05) is 25.5 Å². The first-order valence-corrected chi connectivity index (χ1v) is 6.10. The molecule has 1 atom stereocenters. The van der Waals surface area contributed by atoms with E-state index in [4.69, 9.17) is 0 Å². The Labute approximate surface area is 108 Å². The van der Waals surface area contributed by atoms with E-state index in [-0.39, 0.29) is 0 Å². The van der Waals surface area contributed by atoms with Crippen LogP contribution in [0.15, 0.2) is 48.8 Å². The molecule has 0 saturated heterocycles. The topological polar surface area (TPSA) is 45.1 Å². The summed E-state index contributed by atoms with van der Waals surface area (Å²) in [5.74, 6) is 0. The number of aliphatic hydroxyl groups is 1. The third-order valence-electron chi connectivity index (χ3n) is 2.96. The summed E-state index contributed by atoms with van der Waals surface area (Å²) < 4.78 is 0. The van der Waals surface area contributed by atoms with Gasteiger partial charge in [-0.05, 0) is 35.7 Å². The first kappa shape index (κ1) is 12.7. The lowest BCUT2D eigenvalue weighted by molar-refractivity contribution is 0.173. The third kappa shape index (κ3) is 3.39. The lowest BCUT2D eigenvalue weighted by Gasteiger charge is -2.14. The highest BCUT2D eigenvalue weighted by Crippen LogP contribution is 2.16. The van der Waals surface area contributed by atoms with Gasteiger partial charge >= 0.3 is 0 Å². The van der Waals surface area contributed by atoms with Gasteiger partial charge in [0.25, 0.3) is 0 Å². The van der Waals surface area contributed by atoms with Crippen LogP contribution in [0.1, 0.15) is 22.8 Å². The molecule has 1 unspecified atom stereocenters. The fourth-order valence-electron chi connectivity index (χ4n) is 1.92. The molecular formula is C15H18N2O. The summed E-state index contributed by atoms with van der Waals surface area (Å²) in [5, 5.41) is 13.4. The van der Waals surface area contributed by atoms with Gasteiger partial charge in [-0.2, -0.15) is 0 Å². The molecule has 3 heteroatoms. The number of aromatic nitrogens is 1. The van der Waals surface area contributed by atoms with Crippen LogP contribution in [-0.4, -0.2) is 16.6 Å². The second-order valence-corrected chi connectivity index (χ2v) is 4.36. The molecule has 0 bridgehead atoms. The molecular weight excluding hydrogens is 224 g/mol. The van der Waals surface area contributed by atoms with E-state index < -0.39 is 6.10 Å². The smallest absolute Gasteiger partial charge is 0.0917 e. The molecule has 3 nitrogen and oxygen atoms in total. The van der Waals surface area contributed by atoms with Crippen LogP contribution >= 0.6 is 0 Å². The molecule has 94 valence electrons. The van der Waals surface area contributed by atoms with Crippen molar-refractivity contribution in [3.63, 3.8) is 0 Å². The predicted octanol–water partition coefficient (Wildman–Crippen LogP) is 2.21. The molecule has 0 radical (unpaired) electrons. The van der Waals surface area contributed by atoms with E-state index in [1.807, 2.05) is 43.3 Å². The zero-order valence-corrected chi connectivity index (χ0v) is 10.5. The molecule has 2 aromatic rings. The summed E-state index contributed by atoms with van der Waals surface area (Å²) in [6.07, 6.45) is 3.08. The molecule has 0 aliphatic rings. The molecule has 0 fully saturated rings. The van der Waals surface area contributed by atoms with Crippen molar-refractivity contribution in [2.45, 2.75) is 19.6 Å². The normalized spacial score (nSPS) is 12.3. The Balaban J connectivity index is 1.86. The van der Waals surface area contributed by atoms with E-state index in [0.29, 0.717) is 6.54 Å². The van der Waals surface area contributed by atoms with E-state index in [9.17, 15) is 5.11 Å². The zero-order chi connectivity index (χ0) is 12.8. The van der Waals surface area contributed by atoms with Crippen molar-refractivity contribution in [3.05, 3.63) is 65.5 Å². The number of nitrogens with zero attached hydrogens (tertiary/aromatic N) is 1.